The van der Waals surface area contributed by atoms with E-state index in [4.69, 9.17) is 0 Å². The van der Waals surface area contributed by atoms with Gasteiger partial charge in [0.15, 0.2) is 0 Å². The lowest BCUT2D eigenvalue weighted by Crippen LogP contribution is -2.38. The van der Waals surface area contributed by atoms with Crippen molar-refractivity contribution in [3.8, 4) is 0 Å². The first-order valence-corrected chi connectivity index (χ1v) is 8.42. The van der Waals surface area contributed by atoms with Gasteiger partial charge in [-0.25, -0.2) is 0 Å². The average molecular weight is 338 g/mol. The van der Waals surface area contributed by atoms with Gasteiger partial charge >= 0.3 is 0 Å². The second kappa shape index (κ2) is 7.51. The molecule has 0 fully saturated rings. The molecular formula is C21H26N2O2. The van der Waals surface area contributed by atoms with E-state index in [1.165, 1.54) is 11.8 Å². The maximum Gasteiger partial charge on any atom is 0.244 e. The van der Waals surface area contributed by atoms with Crippen molar-refractivity contribution in [2.45, 2.75) is 40.0 Å². The lowest BCUT2D eigenvalue weighted by Gasteiger charge is -2.29. The van der Waals surface area contributed by atoms with Gasteiger partial charge in [-0.15, -0.1) is 0 Å². The fraction of sp³-hybridized carbons (Fsp3) is 0.333. The molecule has 0 aromatic heterocycles. The number of nitrogens with one attached hydrogen (secondary N) is 1. The molecule has 0 aliphatic rings. The summed E-state index contributed by atoms with van der Waals surface area (Å²) in [6.45, 7) is 9.72. The zero-order chi connectivity index (χ0) is 18.6. The first-order valence-electron chi connectivity index (χ1n) is 8.42. The fourth-order valence-corrected chi connectivity index (χ4v) is 2.78. The molecule has 0 unspecified atom stereocenters. The van der Waals surface area contributed by atoms with Gasteiger partial charge < -0.3 is 10.2 Å². The van der Waals surface area contributed by atoms with E-state index in [0.717, 1.165) is 22.5 Å². The summed E-state index contributed by atoms with van der Waals surface area (Å²) < 4.78 is 0. The summed E-state index contributed by atoms with van der Waals surface area (Å²) in [5, 5.41) is 2.86. The molecule has 2 rings (SSSR count). The highest BCUT2D eigenvalue weighted by Crippen LogP contribution is 2.32. The number of benzene rings is 2. The molecule has 0 heterocycles. The van der Waals surface area contributed by atoms with Crippen molar-refractivity contribution in [2.75, 3.05) is 16.8 Å². The van der Waals surface area contributed by atoms with Gasteiger partial charge in [0.2, 0.25) is 11.8 Å². The summed E-state index contributed by atoms with van der Waals surface area (Å²) in [7, 11) is 0. The quantitative estimate of drug-likeness (QED) is 0.904. The average Bonchev–Trinajstić information content (AvgIpc) is 2.51. The van der Waals surface area contributed by atoms with Crippen molar-refractivity contribution < 1.29 is 9.59 Å². The molecule has 0 aliphatic carbocycles. The Morgan fingerprint density at radius 1 is 1.04 bits per heavy atom. The molecule has 132 valence electrons. The molecule has 0 bridgehead atoms. The number of carbonyl (C=O) groups excluding carboxylic acids is 2. The van der Waals surface area contributed by atoms with E-state index in [1.807, 2.05) is 55.5 Å². The second-order valence-corrected chi connectivity index (χ2v) is 7.29. The number of amides is 2. The summed E-state index contributed by atoms with van der Waals surface area (Å²) in [6, 6.07) is 15.3. The van der Waals surface area contributed by atoms with Gasteiger partial charge in [-0.05, 0) is 41.7 Å². The highest BCUT2D eigenvalue weighted by Gasteiger charge is 2.24. The molecule has 4 nitrogen and oxygen atoms in total. The minimum absolute atomic E-state index is 0.0175. The predicted molar refractivity (Wildman–Crippen MR) is 103 cm³/mol. The van der Waals surface area contributed by atoms with Crippen LogP contribution in [0.15, 0.2) is 48.5 Å². The highest BCUT2D eigenvalue weighted by atomic mass is 16.2. The lowest BCUT2D eigenvalue weighted by atomic mass is 9.85. The van der Waals surface area contributed by atoms with Crippen LogP contribution in [0.2, 0.25) is 0 Å². The van der Waals surface area contributed by atoms with E-state index in [2.05, 4.69) is 26.1 Å². The number of aryl methyl sites for hydroxylation is 1. The normalized spacial score (nSPS) is 11.1. The van der Waals surface area contributed by atoms with Gasteiger partial charge in [0, 0.05) is 18.3 Å². The fourth-order valence-electron chi connectivity index (χ4n) is 2.78. The Hall–Kier alpha value is -2.62. The van der Waals surface area contributed by atoms with Crippen molar-refractivity contribution in [1.82, 2.24) is 0 Å². The smallest absolute Gasteiger partial charge is 0.244 e. The van der Waals surface area contributed by atoms with E-state index in [9.17, 15) is 9.59 Å². The van der Waals surface area contributed by atoms with Crippen LogP contribution < -0.4 is 10.2 Å². The Morgan fingerprint density at radius 2 is 1.72 bits per heavy atom. The minimum Gasteiger partial charge on any atom is -0.325 e. The van der Waals surface area contributed by atoms with Gasteiger partial charge in [-0.2, -0.15) is 0 Å². The van der Waals surface area contributed by atoms with Crippen molar-refractivity contribution in [3.63, 3.8) is 0 Å². The molecule has 0 atom stereocenters. The zero-order valence-electron chi connectivity index (χ0n) is 15.6. The van der Waals surface area contributed by atoms with E-state index in [1.54, 1.807) is 0 Å². The Balaban J connectivity index is 2.25. The van der Waals surface area contributed by atoms with Crippen LogP contribution in [0.25, 0.3) is 0 Å². The summed E-state index contributed by atoms with van der Waals surface area (Å²) >= 11 is 0. The van der Waals surface area contributed by atoms with E-state index >= 15 is 0 Å². The van der Waals surface area contributed by atoms with Gasteiger partial charge in [0.1, 0.15) is 6.54 Å². The summed E-state index contributed by atoms with van der Waals surface area (Å²) in [4.78, 5) is 26.2. The van der Waals surface area contributed by atoms with Crippen LogP contribution >= 0.6 is 0 Å². The number of para-hydroxylation sites is 1. The van der Waals surface area contributed by atoms with Crippen molar-refractivity contribution in [1.29, 1.82) is 0 Å². The van der Waals surface area contributed by atoms with E-state index < -0.39 is 0 Å². The third-order valence-electron chi connectivity index (χ3n) is 3.99. The number of carbonyl (C=O) groups is 2. The first kappa shape index (κ1) is 18.7. The zero-order valence-corrected chi connectivity index (χ0v) is 15.6. The molecule has 0 spiro atoms. The molecule has 1 N–H and O–H groups in total. The largest absolute Gasteiger partial charge is 0.325 e. The van der Waals surface area contributed by atoms with Crippen LogP contribution in [-0.2, 0) is 15.0 Å². The van der Waals surface area contributed by atoms with Crippen LogP contribution in [-0.4, -0.2) is 18.4 Å². The van der Waals surface area contributed by atoms with Crippen molar-refractivity contribution >= 4 is 23.2 Å². The molecule has 4 heteroatoms. The Bertz CT molecular complexity index is 775. The van der Waals surface area contributed by atoms with Crippen LogP contribution in [0.4, 0.5) is 11.4 Å². The van der Waals surface area contributed by atoms with E-state index in [-0.39, 0.29) is 23.8 Å². The summed E-state index contributed by atoms with van der Waals surface area (Å²) in [5.74, 6) is -0.374. The Kier molecular flexibility index (Phi) is 5.62. The van der Waals surface area contributed by atoms with Gasteiger partial charge in [-0.3, -0.25) is 9.59 Å². The van der Waals surface area contributed by atoms with Crippen LogP contribution in [0.5, 0.6) is 0 Å². The van der Waals surface area contributed by atoms with E-state index in [0.29, 0.717) is 0 Å². The molecule has 0 saturated heterocycles. The molecule has 2 aromatic carbocycles. The van der Waals surface area contributed by atoms with Gasteiger partial charge in [0.05, 0.1) is 0 Å². The third kappa shape index (κ3) is 4.92. The summed E-state index contributed by atoms with van der Waals surface area (Å²) in [5.41, 5.74) is 3.49. The highest BCUT2D eigenvalue weighted by molar-refractivity contribution is 6.02. The maximum absolute atomic E-state index is 12.5. The van der Waals surface area contributed by atoms with Crippen LogP contribution in [0, 0.1) is 6.92 Å². The third-order valence-corrected chi connectivity index (χ3v) is 3.99. The number of anilines is 2. The SMILES string of the molecule is CC(=O)N(CC(=O)Nc1cccc(C)c1)c1ccccc1C(C)(C)C. The lowest BCUT2D eigenvalue weighted by molar-refractivity contribution is -0.120. The monoisotopic (exact) mass is 338 g/mol. The number of nitrogens with zero attached hydrogens (tertiary/aromatic N) is 1. The van der Waals surface area contributed by atoms with Crippen molar-refractivity contribution in [2.24, 2.45) is 0 Å². The standard InChI is InChI=1S/C21H26N2O2/c1-15-9-8-10-17(13-15)22-20(25)14-23(16(2)24)19-12-7-6-11-18(19)21(3,4)5/h6-13H,14H2,1-5H3,(H,22,25). The number of hydrogen-bond donors (Lipinski definition) is 1. The molecule has 0 saturated carbocycles. The van der Waals surface area contributed by atoms with Gasteiger partial charge in [0.25, 0.3) is 0 Å². The van der Waals surface area contributed by atoms with Crippen LogP contribution in [0.3, 0.4) is 0 Å². The topological polar surface area (TPSA) is 49.4 Å². The molecule has 25 heavy (non-hydrogen) atoms. The molecule has 2 aromatic rings. The van der Waals surface area contributed by atoms with Crippen molar-refractivity contribution in [3.05, 3.63) is 59.7 Å². The minimum atomic E-state index is -0.218. The van der Waals surface area contributed by atoms with Crippen LogP contribution in [0.1, 0.15) is 38.8 Å². The molecule has 0 radical (unpaired) electrons. The second-order valence-electron chi connectivity index (χ2n) is 7.29. The maximum atomic E-state index is 12.5. The predicted octanol–water partition coefficient (Wildman–Crippen LogP) is 4.28. The molecular weight excluding hydrogens is 312 g/mol. The molecule has 0 aliphatic heterocycles. The Labute approximate surface area is 149 Å². The number of rotatable bonds is 4. The first-order chi connectivity index (χ1) is 11.7. The Morgan fingerprint density at radius 3 is 2.32 bits per heavy atom. The van der Waals surface area contributed by atoms with Gasteiger partial charge in [-0.1, -0.05) is 51.1 Å². The molecule has 2 amide bonds. The summed E-state index contributed by atoms with van der Waals surface area (Å²) in [6.07, 6.45) is 0. The number of hydrogen-bond acceptors (Lipinski definition) is 2.